The first-order valence-electron chi connectivity index (χ1n) is 7.06. The van der Waals surface area contributed by atoms with Gasteiger partial charge in [-0.1, -0.05) is 26.0 Å². The Balaban J connectivity index is 2.15. The van der Waals surface area contributed by atoms with Gasteiger partial charge in [0.25, 0.3) is 0 Å². The lowest BCUT2D eigenvalue weighted by Crippen LogP contribution is -2.25. The zero-order valence-corrected chi connectivity index (χ0v) is 14.6. The highest BCUT2D eigenvalue weighted by atomic mass is 32.2. The van der Waals surface area contributed by atoms with E-state index in [1.165, 1.54) is 11.8 Å². The summed E-state index contributed by atoms with van der Waals surface area (Å²) in [4.78, 5) is 5.29. The van der Waals surface area contributed by atoms with Crippen molar-refractivity contribution in [2.45, 2.75) is 36.7 Å². The fourth-order valence-corrected chi connectivity index (χ4v) is 4.27. The predicted molar refractivity (Wildman–Crippen MR) is 89.3 cm³/mol. The molecule has 2 aromatic rings. The lowest BCUT2D eigenvalue weighted by atomic mass is 10.2. The minimum atomic E-state index is -3.55. The van der Waals surface area contributed by atoms with Crippen LogP contribution >= 0.6 is 11.8 Å². The molecule has 7 heteroatoms. The molecule has 0 aliphatic carbocycles. The minimum Gasteiger partial charge on any atom is -0.334 e. The molecule has 0 amide bonds. The number of hydrogen-bond acceptors (Lipinski definition) is 4. The Kier molecular flexibility index (Phi) is 5.66. The molecule has 120 valence electrons. The summed E-state index contributed by atoms with van der Waals surface area (Å²) in [5.74, 6) is 1.20. The summed E-state index contributed by atoms with van der Waals surface area (Å²) in [6, 6.07) is 6.99. The molecule has 0 aliphatic heterocycles. The molecule has 0 aliphatic rings. The number of imidazole rings is 1. The van der Waals surface area contributed by atoms with E-state index in [4.69, 9.17) is 0 Å². The van der Waals surface area contributed by atoms with Gasteiger partial charge >= 0.3 is 0 Å². The van der Waals surface area contributed by atoms with Gasteiger partial charge in [0.15, 0.2) is 0 Å². The Bertz CT molecular complexity index is 724. The normalized spacial score (nSPS) is 12.0. The first kappa shape index (κ1) is 17.1. The molecular weight excluding hydrogens is 318 g/mol. The lowest BCUT2D eigenvalue weighted by molar-refractivity contribution is 0.502. The average molecular weight is 339 g/mol. The Morgan fingerprint density at radius 2 is 2.05 bits per heavy atom. The lowest BCUT2D eigenvalue weighted by Gasteiger charge is -2.12. The largest absolute Gasteiger partial charge is 0.334 e. The maximum atomic E-state index is 12.5. The van der Waals surface area contributed by atoms with Crippen LogP contribution in [0.25, 0.3) is 0 Å². The summed E-state index contributed by atoms with van der Waals surface area (Å²) in [5.41, 5.74) is 0. The smallest absolute Gasteiger partial charge is 0.242 e. The van der Waals surface area contributed by atoms with Crippen molar-refractivity contribution in [1.29, 1.82) is 0 Å². The highest BCUT2D eigenvalue weighted by molar-refractivity contribution is 7.99. The number of aromatic nitrogens is 2. The van der Waals surface area contributed by atoms with Crippen LogP contribution in [0.15, 0.2) is 46.5 Å². The van der Waals surface area contributed by atoms with Gasteiger partial charge < -0.3 is 4.57 Å². The molecule has 1 aromatic carbocycles. The Labute approximate surface area is 136 Å². The van der Waals surface area contributed by atoms with Crippen LogP contribution in [0.1, 0.15) is 19.7 Å². The van der Waals surface area contributed by atoms with Gasteiger partial charge in [0.05, 0.1) is 11.4 Å². The molecule has 22 heavy (non-hydrogen) atoms. The number of hydrogen-bond donors (Lipinski definition) is 1. The fourth-order valence-electron chi connectivity index (χ4n) is 2.14. The molecule has 1 N–H and O–H groups in total. The van der Waals surface area contributed by atoms with Crippen LogP contribution in [0.4, 0.5) is 0 Å². The van der Waals surface area contributed by atoms with Gasteiger partial charge in [-0.25, -0.2) is 18.1 Å². The fraction of sp³-hybridized carbons (Fsp3) is 0.400. The quantitative estimate of drug-likeness (QED) is 0.788. The van der Waals surface area contributed by atoms with E-state index in [0.717, 1.165) is 17.3 Å². The Morgan fingerprint density at radius 1 is 1.32 bits per heavy atom. The van der Waals surface area contributed by atoms with Gasteiger partial charge in [-0.2, -0.15) is 0 Å². The van der Waals surface area contributed by atoms with Crippen LogP contribution in [0.2, 0.25) is 0 Å². The topological polar surface area (TPSA) is 64.0 Å². The van der Waals surface area contributed by atoms with Crippen LogP contribution in [-0.2, 0) is 23.1 Å². The molecule has 0 unspecified atom stereocenters. The van der Waals surface area contributed by atoms with E-state index in [1.54, 1.807) is 24.4 Å². The highest BCUT2D eigenvalue weighted by Gasteiger charge is 2.18. The molecule has 2 rings (SSSR count). The van der Waals surface area contributed by atoms with Crippen molar-refractivity contribution in [1.82, 2.24) is 14.3 Å². The third kappa shape index (κ3) is 4.12. The second kappa shape index (κ2) is 7.30. The van der Waals surface area contributed by atoms with Crippen LogP contribution in [0.5, 0.6) is 0 Å². The standard InChI is InChI=1S/C15H21N3O2S2/c1-12(2)11-18-9-8-16-15(18)10-17-22(19,20)14-7-5-4-6-13(14)21-3/h4-9,12,17H,10-11H2,1-3H3. The summed E-state index contributed by atoms with van der Waals surface area (Å²) in [6.07, 6.45) is 5.44. The molecule has 0 fully saturated rings. The summed E-state index contributed by atoms with van der Waals surface area (Å²) >= 11 is 1.42. The second-order valence-corrected chi connectivity index (χ2v) is 7.95. The molecule has 0 atom stereocenters. The van der Waals surface area contributed by atoms with E-state index in [-0.39, 0.29) is 6.54 Å². The van der Waals surface area contributed by atoms with Crippen LogP contribution in [0.3, 0.4) is 0 Å². The van der Waals surface area contributed by atoms with Gasteiger partial charge in [-0.15, -0.1) is 11.8 Å². The maximum absolute atomic E-state index is 12.5. The van der Waals surface area contributed by atoms with Crippen LogP contribution in [-0.4, -0.2) is 24.2 Å². The van der Waals surface area contributed by atoms with E-state index < -0.39 is 10.0 Å². The number of thioether (sulfide) groups is 1. The van der Waals surface area contributed by atoms with Crippen molar-refractivity contribution < 1.29 is 8.42 Å². The average Bonchev–Trinajstić information content (AvgIpc) is 2.91. The molecule has 1 aromatic heterocycles. The molecule has 0 bridgehead atoms. The highest BCUT2D eigenvalue weighted by Crippen LogP contribution is 2.24. The van der Waals surface area contributed by atoms with Crippen molar-refractivity contribution in [3.8, 4) is 0 Å². The zero-order valence-electron chi connectivity index (χ0n) is 13.0. The SMILES string of the molecule is CSc1ccccc1S(=O)(=O)NCc1nccn1CC(C)C. The summed E-state index contributed by atoms with van der Waals surface area (Å²) < 4.78 is 29.6. The van der Waals surface area contributed by atoms with Crippen molar-refractivity contribution in [3.05, 3.63) is 42.5 Å². The van der Waals surface area contributed by atoms with Gasteiger partial charge in [-0.05, 0) is 24.3 Å². The minimum absolute atomic E-state index is 0.185. The summed E-state index contributed by atoms with van der Waals surface area (Å²) in [5, 5.41) is 0. The Hall–Kier alpha value is -1.31. The number of benzene rings is 1. The molecular formula is C15H21N3O2S2. The molecule has 0 radical (unpaired) electrons. The van der Waals surface area contributed by atoms with E-state index in [2.05, 4.69) is 23.6 Å². The summed E-state index contributed by atoms with van der Waals surface area (Å²) in [7, 11) is -3.55. The summed E-state index contributed by atoms with van der Waals surface area (Å²) in [6.45, 7) is 5.23. The maximum Gasteiger partial charge on any atom is 0.242 e. The first-order valence-corrected chi connectivity index (χ1v) is 9.77. The van der Waals surface area contributed by atoms with Gasteiger partial charge in [-0.3, -0.25) is 0 Å². The van der Waals surface area contributed by atoms with Crippen molar-refractivity contribution in [3.63, 3.8) is 0 Å². The Morgan fingerprint density at radius 3 is 2.73 bits per heavy atom. The van der Waals surface area contributed by atoms with E-state index in [1.807, 2.05) is 23.1 Å². The van der Waals surface area contributed by atoms with E-state index >= 15 is 0 Å². The molecule has 0 spiro atoms. The number of sulfonamides is 1. The number of nitrogens with zero attached hydrogens (tertiary/aromatic N) is 2. The van der Waals surface area contributed by atoms with Gasteiger partial charge in [0.2, 0.25) is 10.0 Å². The van der Waals surface area contributed by atoms with Gasteiger partial charge in [0, 0.05) is 23.8 Å². The number of nitrogens with one attached hydrogen (secondary N) is 1. The molecule has 0 saturated carbocycles. The predicted octanol–water partition coefficient (Wildman–Crippen LogP) is 2.74. The zero-order chi connectivity index (χ0) is 16.2. The van der Waals surface area contributed by atoms with Gasteiger partial charge in [0.1, 0.15) is 5.82 Å². The van der Waals surface area contributed by atoms with E-state index in [9.17, 15) is 8.42 Å². The second-order valence-electron chi connectivity index (χ2n) is 5.37. The first-order chi connectivity index (χ1) is 10.4. The van der Waals surface area contributed by atoms with Crippen LogP contribution < -0.4 is 4.72 Å². The van der Waals surface area contributed by atoms with Crippen molar-refractivity contribution in [2.24, 2.45) is 5.92 Å². The third-order valence-electron chi connectivity index (χ3n) is 3.14. The third-order valence-corrected chi connectivity index (χ3v) is 5.53. The monoisotopic (exact) mass is 339 g/mol. The molecule has 0 saturated heterocycles. The van der Waals surface area contributed by atoms with Crippen LogP contribution in [0, 0.1) is 5.92 Å². The number of rotatable bonds is 7. The van der Waals surface area contributed by atoms with Crippen molar-refractivity contribution in [2.75, 3.05) is 6.26 Å². The molecule has 1 heterocycles. The van der Waals surface area contributed by atoms with Crippen molar-refractivity contribution >= 4 is 21.8 Å². The van der Waals surface area contributed by atoms with E-state index in [0.29, 0.717) is 10.8 Å². The molecule has 5 nitrogen and oxygen atoms in total.